The number of aromatic nitrogens is 2. The van der Waals surface area contributed by atoms with Crippen LogP contribution in [-0.4, -0.2) is 29.5 Å². The van der Waals surface area contributed by atoms with E-state index in [0.29, 0.717) is 5.92 Å². The van der Waals surface area contributed by atoms with Crippen molar-refractivity contribution in [1.29, 1.82) is 0 Å². The molecule has 0 unspecified atom stereocenters. The number of hydrogen-bond donors (Lipinski definition) is 1. The molecule has 0 aromatic carbocycles. The molecule has 4 nitrogen and oxygen atoms in total. The summed E-state index contributed by atoms with van der Waals surface area (Å²) in [6.45, 7) is 4.18. The Morgan fingerprint density at radius 3 is 2.82 bits per heavy atom. The monoisotopic (exact) mass is 235 g/mol. The minimum Gasteiger partial charge on any atom is -0.490 e. The molecule has 1 saturated heterocycles. The van der Waals surface area contributed by atoms with Gasteiger partial charge < -0.3 is 10.1 Å². The average molecular weight is 235 g/mol. The van der Waals surface area contributed by atoms with Gasteiger partial charge in [0, 0.05) is 6.54 Å². The molecule has 1 N–H and O–H groups in total. The highest BCUT2D eigenvalue weighted by Gasteiger charge is 2.22. The number of hydrogen-bond acceptors (Lipinski definition) is 3. The first-order valence-electron chi connectivity index (χ1n) is 6.76. The van der Waals surface area contributed by atoms with Gasteiger partial charge in [-0.2, -0.15) is 5.10 Å². The Balaban J connectivity index is 1.45. The molecule has 1 aliphatic carbocycles. The van der Waals surface area contributed by atoms with E-state index in [1.807, 2.05) is 17.1 Å². The summed E-state index contributed by atoms with van der Waals surface area (Å²) < 4.78 is 7.84. The zero-order valence-corrected chi connectivity index (χ0v) is 10.3. The molecule has 94 valence electrons. The van der Waals surface area contributed by atoms with E-state index >= 15 is 0 Å². The Hall–Kier alpha value is -1.03. The van der Waals surface area contributed by atoms with Gasteiger partial charge in [-0.05, 0) is 50.6 Å². The van der Waals surface area contributed by atoms with Crippen molar-refractivity contribution < 1.29 is 4.74 Å². The fourth-order valence-corrected chi connectivity index (χ4v) is 2.35. The third kappa shape index (κ3) is 3.22. The Labute approximate surface area is 102 Å². The number of rotatable bonds is 5. The predicted molar refractivity (Wildman–Crippen MR) is 66.0 cm³/mol. The number of nitrogens with zero attached hydrogens (tertiary/aromatic N) is 2. The number of nitrogens with one attached hydrogen (secondary N) is 1. The van der Waals surface area contributed by atoms with Crippen LogP contribution in [0.2, 0.25) is 0 Å². The third-order valence-corrected chi connectivity index (χ3v) is 3.70. The van der Waals surface area contributed by atoms with Gasteiger partial charge in [0.15, 0.2) is 5.75 Å². The molecule has 1 aromatic heterocycles. The maximum atomic E-state index is 5.82. The molecular formula is C13H21N3O. The fraction of sp³-hybridized carbons (Fsp3) is 0.769. The van der Waals surface area contributed by atoms with E-state index in [1.165, 1.54) is 25.7 Å². The predicted octanol–water partition coefficient (Wildman–Crippen LogP) is 1.67. The second-order valence-electron chi connectivity index (χ2n) is 5.35. The molecule has 0 atom stereocenters. The quantitative estimate of drug-likeness (QED) is 0.844. The minimum absolute atomic E-state index is 0.711. The van der Waals surface area contributed by atoms with Crippen LogP contribution in [0.25, 0.3) is 0 Å². The van der Waals surface area contributed by atoms with E-state index in [1.54, 1.807) is 0 Å². The van der Waals surface area contributed by atoms with Crippen LogP contribution < -0.4 is 10.1 Å². The Morgan fingerprint density at radius 1 is 1.24 bits per heavy atom. The summed E-state index contributed by atoms with van der Waals surface area (Å²) in [6, 6.07) is 0. The Bertz CT molecular complexity index is 353. The zero-order valence-electron chi connectivity index (χ0n) is 10.3. The second-order valence-corrected chi connectivity index (χ2v) is 5.35. The van der Waals surface area contributed by atoms with E-state index in [9.17, 15) is 0 Å². The van der Waals surface area contributed by atoms with Gasteiger partial charge in [0.1, 0.15) is 0 Å². The smallest absolute Gasteiger partial charge is 0.157 e. The molecule has 2 aliphatic rings. The molecule has 17 heavy (non-hydrogen) atoms. The summed E-state index contributed by atoms with van der Waals surface area (Å²) >= 11 is 0. The van der Waals surface area contributed by atoms with Gasteiger partial charge >= 0.3 is 0 Å². The van der Waals surface area contributed by atoms with Crippen molar-refractivity contribution in [2.24, 2.45) is 11.8 Å². The van der Waals surface area contributed by atoms with Crippen LogP contribution in [0.15, 0.2) is 12.4 Å². The van der Waals surface area contributed by atoms with Crippen molar-refractivity contribution in [3.8, 4) is 5.75 Å². The summed E-state index contributed by atoms with van der Waals surface area (Å²) in [5, 5.41) is 7.71. The lowest BCUT2D eigenvalue weighted by molar-refractivity contribution is 0.215. The lowest BCUT2D eigenvalue weighted by Gasteiger charge is -2.22. The van der Waals surface area contributed by atoms with Gasteiger partial charge in [-0.15, -0.1) is 0 Å². The number of ether oxygens (including phenoxy) is 1. The molecule has 0 amide bonds. The average Bonchev–Trinajstić information content (AvgIpc) is 3.06. The molecule has 3 rings (SSSR count). The molecule has 0 bridgehead atoms. The molecule has 2 fully saturated rings. The zero-order chi connectivity index (χ0) is 11.5. The van der Waals surface area contributed by atoms with Crippen molar-refractivity contribution in [1.82, 2.24) is 15.1 Å². The Kier molecular flexibility index (Phi) is 3.31. The lowest BCUT2D eigenvalue weighted by atomic mass is 9.99. The third-order valence-electron chi connectivity index (χ3n) is 3.70. The maximum absolute atomic E-state index is 5.82. The van der Waals surface area contributed by atoms with Crippen LogP contribution in [0, 0.1) is 11.8 Å². The highest BCUT2D eigenvalue weighted by atomic mass is 16.5. The molecular weight excluding hydrogens is 214 g/mol. The van der Waals surface area contributed by atoms with Crippen LogP contribution in [0.4, 0.5) is 0 Å². The largest absolute Gasteiger partial charge is 0.490 e. The van der Waals surface area contributed by atoms with Crippen LogP contribution in [0.5, 0.6) is 5.75 Å². The van der Waals surface area contributed by atoms with Gasteiger partial charge in [0.25, 0.3) is 0 Å². The highest BCUT2D eigenvalue weighted by molar-refractivity contribution is 5.11. The van der Waals surface area contributed by atoms with E-state index in [0.717, 1.165) is 37.9 Å². The summed E-state index contributed by atoms with van der Waals surface area (Å²) in [5.74, 6) is 2.51. The normalized spacial score (nSPS) is 21.6. The molecule has 0 radical (unpaired) electrons. The fourth-order valence-electron chi connectivity index (χ4n) is 2.35. The number of piperidine rings is 1. The summed E-state index contributed by atoms with van der Waals surface area (Å²) in [6.07, 6.45) is 9.09. The van der Waals surface area contributed by atoms with Crippen molar-refractivity contribution >= 4 is 0 Å². The highest BCUT2D eigenvalue weighted by Crippen LogP contribution is 2.30. The van der Waals surface area contributed by atoms with Gasteiger partial charge in [-0.3, -0.25) is 4.68 Å². The van der Waals surface area contributed by atoms with E-state index in [4.69, 9.17) is 4.74 Å². The van der Waals surface area contributed by atoms with Crippen molar-refractivity contribution in [3.63, 3.8) is 0 Å². The minimum atomic E-state index is 0.711. The van der Waals surface area contributed by atoms with Gasteiger partial charge in [0.2, 0.25) is 0 Å². The summed E-state index contributed by atoms with van der Waals surface area (Å²) in [7, 11) is 0. The van der Waals surface area contributed by atoms with E-state index < -0.39 is 0 Å². The van der Waals surface area contributed by atoms with Crippen molar-refractivity contribution in [2.45, 2.75) is 32.2 Å². The first-order chi connectivity index (χ1) is 8.40. The second kappa shape index (κ2) is 5.08. The van der Waals surface area contributed by atoms with E-state index in [-0.39, 0.29) is 0 Å². The maximum Gasteiger partial charge on any atom is 0.157 e. The molecule has 1 saturated carbocycles. The lowest BCUT2D eigenvalue weighted by Crippen LogP contribution is -2.30. The molecule has 1 aromatic rings. The first-order valence-corrected chi connectivity index (χ1v) is 6.76. The molecule has 0 spiro atoms. The summed E-state index contributed by atoms with van der Waals surface area (Å²) in [5.41, 5.74) is 0. The van der Waals surface area contributed by atoms with E-state index in [2.05, 4.69) is 10.4 Å². The van der Waals surface area contributed by atoms with Crippen LogP contribution in [0.1, 0.15) is 25.7 Å². The van der Waals surface area contributed by atoms with Gasteiger partial charge in [-0.1, -0.05) is 0 Å². The summed E-state index contributed by atoms with van der Waals surface area (Å²) in [4.78, 5) is 0. The SMILES string of the molecule is c1nn(CC2CC2)cc1OCC1CCNCC1. The van der Waals surface area contributed by atoms with Crippen molar-refractivity contribution in [3.05, 3.63) is 12.4 Å². The van der Waals surface area contributed by atoms with Gasteiger partial charge in [-0.25, -0.2) is 0 Å². The van der Waals surface area contributed by atoms with Crippen molar-refractivity contribution in [2.75, 3.05) is 19.7 Å². The van der Waals surface area contributed by atoms with Gasteiger partial charge in [0.05, 0.1) is 19.0 Å². The first kappa shape index (κ1) is 11.1. The Morgan fingerprint density at radius 2 is 2.06 bits per heavy atom. The topological polar surface area (TPSA) is 39.1 Å². The standard InChI is InChI=1S/C13H21N3O/c1-2-11(1)8-16-9-13(7-15-16)17-10-12-3-5-14-6-4-12/h7,9,11-12,14H,1-6,8,10H2. The molecule has 1 aliphatic heterocycles. The molecule has 4 heteroatoms. The van der Waals surface area contributed by atoms with Crippen LogP contribution in [0.3, 0.4) is 0 Å². The van der Waals surface area contributed by atoms with Crippen LogP contribution >= 0.6 is 0 Å². The molecule has 2 heterocycles. The van der Waals surface area contributed by atoms with Crippen LogP contribution in [-0.2, 0) is 6.54 Å².